The van der Waals surface area contributed by atoms with Gasteiger partial charge in [0, 0.05) is 20.1 Å². The van der Waals surface area contributed by atoms with Crippen LogP contribution in [0.3, 0.4) is 0 Å². The maximum Gasteiger partial charge on any atom is 0.303 e. The summed E-state index contributed by atoms with van der Waals surface area (Å²) in [6, 6.07) is 8.59. The van der Waals surface area contributed by atoms with Crippen LogP contribution in [0.5, 0.6) is 0 Å². The lowest BCUT2D eigenvalue weighted by Gasteiger charge is -2.31. The van der Waals surface area contributed by atoms with Crippen molar-refractivity contribution in [2.45, 2.75) is 38.8 Å². The van der Waals surface area contributed by atoms with Gasteiger partial charge in [-0.15, -0.1) is 0 Å². The molecule has 0 atom stereocenters. The predicted molar refractivity (Wildman–Crippen MR) is 82.0 cm³/mol. The number of aliphatic carboxylic acids is 1. The molecular weight excluding hydrogens is 266 g/mol. The second kappa shape index (κ2) is 8.15. The molecular formula is C17H25NO3. The number of likely N-dealkylation sites (tertiary alicyclic amines) is 1. The highest BCUT2D eigenvalue weighted by Gasteiger charge is 2.19. The van der Waals surface area contributed by atoms with Crippen molar-refractivity contribution in [3.63, 3.8) is 0 Å². The first-order chi connectivity index (χ1) is 10.2. The van der Waals surface area contributed by atoms with Crippen molar-refractivity contribution < 1.29 is 14.6 Å². The number of ether oxygens (including phenoxy) is 1. The van der Waals surface area contributed by atoms with E-state index in [0.29, 0.717) is 18.9 Å². The highest BCUT2D eigenvalue weighted by molar-refractivity contribution is 5.66. The molecule has 1 aromatic rings. The smallest absolute Gasteiger partial charge is 0.303 e. The summed E-state index contributed by atoms with van der Waals surface area (Å²) in [5, 5.41) is 8.73. The van der Waals surface area contributed by atoms with Crippen LogP contribution in [0.1, 0.15) is 36.8 Å². The van der Waals surface area contributed by atoms with Gasteiger partial charge < -0.3 is 9.84 Å². The van der Waals surface area contributed by atoms with Crippen LogP contribution >= 0.6 is 0 Å². The van der Waals surface area contributed by atoms with E-state index in [1.165, 1.54) is 11.1 Å². The summed E-state index contributed by atoms with van der Waals surface area (Å²) in [7, 11) is 1.71. The van der Waals surface area contributed by atoms with E-state index >= 15 is 0 Å². The van der Waals surface area contributed by atoms with Crippen molar-refractivity contribution in [1.29, 1.82) is 0 Å². The zero-order chi connectivity index (χ0) is 15.1. The van der Waals surface area contributed by atoms with Gasteiger partial charge in [-0.3, -0.25) is 9.69 Å². The number of carboxylic acid groups (broad SMARTS) is 1. The van der Waals surface area contributed by atoms with E-state index in [9.17, 15) is 4.79 Å². The van der Waals surface area contributed by atoms with Crippen molar-refractivity contribution in [2.24, 2.45) is 5.92 Å². The number of carbonyl (C=O) groups is 1. The Labute approximate surface area is 126 Å². The SMILES string of the molecule is COCc1ccc(CN2CCC(CCC(=O)O)CC2)cc1. The number of rotatable bonds is 7. The molecule has 0 radical (unpaired) electrons. The molecule has 0 saturated carbocycles. The van der Waals surface area contributed by atoms with Gasteiger partial charge in [-0.2, -0.15) is 0 Å². The molecule has 1 fully saturated rings. The fraction of sp³-hybridized carbons (Fsp3) is 0.588. The van der Waals surface area contributed by atoms with Crippen LogP contribution in [0.2, 0.25) is 0 Å². The predicted octanol–water partition coefficient (Wildman–Crippen LogP) is 2.91. The molecule has 1 aliphatic rings. The van der Waals surface area contributed by atoms with Crippen LogP contribution in [0, 0.1) is 5.92 Å². The Hall–Kier alpha value is -1.39. The van der Waals surface area contributed by atoms with Crippen LogP contribution < -0.4 is 0 Å². The zero-order valence-corrected chi connectivity index (χ0v) is 12.8. The standard InChI is InChI=1S/C17H25NO3/c1-21-13-16-4-2-15(3-5-16)12-18-10-8-14(9-11-18)6-7-17(19)20/h2-5,14H,6-13H2,1H3,(H,19,20). The van der Waals surface area contributed by atoms with Gasteiger partial charge in [0.1, 0.15) is 0 Å². The van der Waals surface area contributed by atoms with Gasteiger partial charge in [-0.25, -0.2) is 0 Å². The van der Waals surface area contributed by atoms with Gasteiger partial charge in [0.2, 0.25) is 0 Å². The second-order valence-electron chi connectivity index (χ2n) is 5.90. The molecule has 0 amide bonds. The molecule has 0 spiro atoms. The van der Waals surface area contributed by atoms with Crippen LogP contribution in [0.4, 0.5) is 0 Å². The van der Waals surface area contributed by atoms with E-state index in [-0.39, 0.29) is 0 Å². The summed E-state index contributed by atoms with van der Waals surface area (Å²) < 4.78 is 5.12. The largest absolute Gasteiger partial charge is 0.481 e. The first-order valence-electron chi connectivity index (χ1n) is 7.68. The van der Waals surface area contributed by atoms with Gasteiger partial charge >= 0.3 is 5.97 Å². The number of nitrogens with zero attached hydrogens (tertiary/aromatic N) is 1. The summed E-state index contributed by atoms with van der Waals surface area (Å²) >= 11 is 0. The molecule has 0 aliphatic carbocycles. The Morgan fingerprint density at radius 3 is 2.43 bits per heavy atom. The minimum atomic E-state index is -0.673. The Kier molecular flexibility index (Phi) is 6.21. The molecule has 4 nitrogen and oxygen atoms in total. The van der Waals surface area contributed by atoms with Crippen LogP contribution in [0.15, 0.2) is 24.3 Å². The first kappa shape index (κ1) is 16.0. The van der Waals surface area contributed by atoms with Gasteiger partial charge in [0.15, 0.2) is 0 Å². The topological polar surface area (TPSA) is 49.8 Å². The Morgan fingerprint density at radius 2 is 1.86 bits per heavy atom. The van der Waals surface area contributed by atoms with Gasteiger partial charge in [-0.1, -0.05) is 24.3 Å². The maximum atomic E-state index is 10.6. The van der Waals surface area contributed by atoms with Crippen LogP contribution in [-0.2, 0) is 22.7 Å². The van der Waals surface area contributed by atoms with Crippen molar-refractivity contribution in [1.82, 2.24) is 4.90 Å². The van der Waals surface area contributed by atoms with Gasteiger partial charge in [0.05, 0.1) is 6.61 Å². The fourth-order valence-corrected chi connectivity index (χ4v) is 2.93. The van der Waals surface area contributed by atoms with Gasteiger partial charge in [-0.05, 0) is 49.4 Å². The molecule has 0 aromatic heterocycles. The Balaban J connectivity index is 1.74. The zero-order valence-electron chi connectivity index (χ0n) is 12.8. The normalized spacial score (nSPS) is 17.0. The molecule has 116 valence electrons. The molecule has 1 aromatic carbocycles. The molecule has 4 heteroatoms. The van der Waals surface area contributed by atoms with Crippen molar-refractivity contribution in [3.8, 4) is 0 Å². The summed E-state index contributed by atoms with van der Waals surface area (Å²) in [6.45, 7) is 3.79. The molecule has 0 unspecified atom stereocenters. The number of carboxylic acids is 1. The lowest BCUT2D eigenvalue weighted by molar-refractivity contribution is -0.137. The minimum Gasteiger partial charge on any atom is -0.481 e. The number of piperidine rings is 1. The van der Waals surface area contributed by atoms with E-state index in [1.807, 2.05) is 0 Å². The van der Waals surface area contributed by atoms with Crippen LogP contribution in [-0.4, -0.2) is 36.2 Å². The third-order valence-corrected chi connectivity index (χ3v) is 4.21. The molecule has 0 bridgehead atoms. The fourth-order valence-electron chi connectivity index (χ4n) is 2.93. The number of methoxy groups -OCH3 is 1. The molecule has 1 heterocycles. The lowest BCUT2D eigenvalue weighted by Crippen LogP contribution is -2.33. The van der Waals surface area contributed by atoms with Crippen molar-refractivity contribution >= 4 is 5.97 Å². The Morgan fingerprint density at radius 1 is 1.24 bits per heavy atom. The molecule has 21 heavy (non-hydrogen) atoms. The van der Waals surface area contributed by atoms with E-state index in [2.05, 4.69) is 29.2 Å². The van der Waals surface area contributed by atoms with Crippen molar-refractivity contribution in [3.05, 3.63) is 35.4 Å². The van der Waals surface area contributed by atoms with E-state index < -0.39 is 5.97 Å². The second-order valence-corrected chi connectivity index (χ2v) is 5.90. The molecule has 2 rings (SSSR count). The summed E-state index contributed by atoms with van der Waals surface area (Å²) in [4.78, 5) is 13.1. The minimum absolute atomic E-state index is 0.311. The maximum absolute atomic E-state index is 10.6. The highest BCUT2D eigenvalue weighted by Crippen LogP contribution is 2.23. The lowest BCUT2D eigenvalue weighted by atomic mass is 9.92. The Bertz CT molecular complexity index is 436. The van der Waals surface area contributed by atoms with Gasteiger partial charge in [0.25, 0.3) is 0 Å². The molecule has 1 aliphatic heterocycles. The quantitative estimate of drug-likeness (QED) is 0.839. The number of hydrogen-bond acceptors (Lipinski definition) is 3. The first-order valence-corrected chi connectivity index (χ1v) is 7.68. The number of hydrogen-bond donors (Lipinski definition) is 1. The van der Waals surface area contributed by atoms with E-state index in [1.54, 1.807) is 7.11 Å². The van der Waals surface area contributed by atoms with E-state index in [4.69, 9.17) is 9.84 Å². The molecule has 1 N–H and O–H groups in total. The highest BCUT2D eigenvalue weighted by atomic mass is 16.5. The third kappa shape index (κ3) is 5.48. The molecule has 1 saturated heterocycles. The summed E-state index contributed by atoms with van der Waals surface area (Å²) in [5.74, 6) is -0.0880. The van der Waals surface area contributed by atoms with Crippen LogP contribution in [0.25, 0.3) is 0 Å². The monoisotopic (exact) mass is 291 g/mol. The average Bonchev–Trinajstić information content (AvgIpc) is 2.49. The third-order valence-electron chi connectivity index (χ3n) is 4.21. The average molecular weight is 291 g/mol. The number of benzene rings is 1. The summed E-state index contributed by atoms with van der Waals surface area (Å²) in [6.07, 6.45) is 3.38. The summed E-state index contributed by atoms with van der Waals surface area (Å²) in [5.41, 5.74) is 2.53. The van der Waals surface area contributed by atoms with Crippen molar-refractivity contribution in [2.75, 3.05) is 20.2 Å². The van der Waals surface area contributed by atoms with E-state index in [0.717, 1.165) is 38.9 Å².